The second-order valence-corrected chi connectivity index (χ2v) is 8.50. The first-order valence-electron chi connectivity index (χ1n) is 11.1. The third-order valence-corrected chi connectivity index (χ3v) is 5.57. The van der Waals surface area contributed by atoms with Crippen LogP contribution in [0.25, 0.3) is 0 Å². The maximum atomic E-state index is 13.9. The average Bonchev–Trinajstić information content (AvgIpc) is 2.80. The molecule has 3 aromatic rings. The van der Waals surface area contributed by atoms with Gasteiger partial charge in [-0.2, -0.15) is 0 Å². The minimum Gasteiger partial charge on any atom is -0.366 e. The van der Waals surface area contributed by atoms with E-state index in [9.17, 15) is 18.4 Å². The van der Waals surface area contributed by atoms with E-state index in [1.165, 1.54) is 11.1 Å². The van der Waals surface area contributed by atoms with Gasteiger partial charge in [-0.15, -0.1) is 0 Å². The predicted molar refractivity (Wildman–Crippen MR) is 129 cm³/mol. The topological polar surface area (TPSA) is 73.5 Å². The largest absolute Gasteiger partial charge is 0.366 e. The van der Waals surface area contributed by atoms with Crippen molar-refractivity contribution < 1.29 is 18.4 Å². The van der Waals surface area contributed by atoms with Gasteiger partial charge in [-0.05, 0) is 61.7 Å². The first-order valence-corrected chi connectivity index (χ1v) is 11.1. The number of hydrogen-bond acceptors (Lipinski definition) is 3. The van der Waals surface area contributed by atoms with E-state index in [1.54, 1.807) is 18.2 Å². The monoisotopic (exact) mass is 464 g/mol. The van der Waals surface area contributed by atoms with E-state index in [4.69, 9.17) is 0 Å². The number of amides is 3. The minimum atomic E-state index is -0.882. The van der Waals surface area contributed by atoms with Crippen molar-refractivity contribution in [3.05, 3.63) is 89.0 Å². The Morgan fingerprint density at radius 1 is 0.941 bits per heavy atom. The van der Waals surface area contributed by atoms with Crippen LogP contribution in [-0.4, -0.2) is 24.5 Å². The van der Waals surface area contributed by atoms with Crippen molar-refractivity contribution in [3.63, 3.8) is 0 Å². The molecule has 6 nitrogen and oxygen atoms in total. The first kappa shape index (κ1) is 23.2. The zero-order chi connectivity index (χ0) is 24.2. The Bertz CT molecular complexity index is 1230. The zero-order valence-electron chi connectivity index (χ0n) is 19.0. The number of urea groups is 1. The van der Waals surface area contributed by atoms with Crippen molar-refractivity contribution in [1.82, 2.24) is 5.32 Å². The SMILES string of the molecule is CC(C)NC(=O)c1cc(NC(=O)Nc2ccc(F)cc2F)ccc1N1CCc2ccccc2C1. The van der Waals surface area contributed by atoms with Gasteiger partial charge in [0.15, 0.2) is 0 Å². The fourth-order valence-electron chi connectivity index (χ4n) is 3.99. The summed E-state index contributed by atoms with van der Waals surface area (Å²) in [6, 6.07) is 15.5. The van der Waals surface area contributed by atoms with Gasteiger partial charge in [-0.1, -0.05) is 24.3 Å². The molecule has 1 aliphatic heterocycles. The summed E-state index contributed by atoms with van der Waals surface area (Å²) in [6.07, 6.45) is 0.868. The second-order valence-electron chi connectivity index (χ2n) is 8.50. The molecule has 3 amide bonds. The summed E-state index contributed by atoms with van der Waals surface area (Å²) >= 11 is 0. The number of halogens is 2. The van der Waals surface area contributed by atoms with Crippen LogP contribution in [0.2, 0.25) is 0 Å². The predicted octanol–water partition coefficient (Wildman–Crippen LogP) is 5.31. The standard InChI is InChI=1S/C26H26F2N4O2/c1-16(2)29-25(33)21-14-20(30-26(34)31-23-9-7-19(27)13-22(23)28)8-10-24(21)32-12-11-17-5-3-4-6-18(17)15-32/h3-10,13-14,16H,11-12,15H2,1-2H3,(H,29,33)(H2,30,31,34). The maximum absolute atomic E-state index is 13.9. The molecule has 1 aliphatic rings. The van der Waals surface area contributed by atoms with Crippen molar-refractivity contribution in [2.24, 2.45) is 0 Å². The molecule has 0 atom stereocenters. The van der Waals surface area contributed by atoms with Gasteiger partial charge in [0.2, 0.25) is 0 Å². The highest BCUT2D eigenvalue weighted by molar-refractivity contribution is 6.04. The molecule has 0 saturated carbocycles. The Labute approximate surface area is 197 Å². The number of nitrogens with zero attached hydrogens (tertiary/aromatic N) is 1. The highest BCUT2D eigenvalue weighted by Crippen LogP contribution is 2.30. The highest BCUT2D eigenvalue weighted by Gasteiger charge is 2.22. The molecule has 4 rings (SSSR count). The Morgan fingerprint density at radius 2 is 1.71 bits per heavy atom. The Morgan fingerprint density at radius 3 is 2.44 bits per heavy atom. The van der Waals surface area contributed by atoms with Crippen molar-refractivity contribution in [2.75, 3.05) is 22.1 Å². The zero-order valence-corrected chi connectivity index (χ0v) is 19.0. The smallest absolute Gasteiger partial charge is 0.323 e. The molecule has 8 heteroatoms. The summed E-state index contributed by atoms with van der Waals surface area (Å²) in [6.45, 7) is 5.19. The number of rotatable bonds is 5. The lowest BCUT2D eigenvalue weighted by Gasteiger charge is -2.32. The van der Waals surface area contributed by atoms with Crippen LogP contribution < -0.4 is 20.9 Å². The number of carbonyl (C=O) groups is 2. The molecule has 0 spiro atoms. The van der Waals surface area contributed by atoms with Gasteiger partial charge in [0.05, 0.1) is 11.3 Å². The van der Waals surface area contributed by atoms with Gasteiger partial charge < -0.3 is 20.9 Å². The molecule has 0 aromatic heterocycles. The van der Waals surface area contributed by atoms with E-state index in [0.717, 1.165) is 30.8 Å². The fourth-order valence-corrected chi connectivity index (χ4v) is 3.99. The number of benzene rings is 3. The van der Waals surface area contributed by atoms with E-state index >= 15 is 0 Å². The fraction of sp³-hybridized carbons (Fsp3) is 0.231. The molecule has 0 radical (unpaired) electrons. The average molecular weight is 465 g/mol. The quantitative estimate of drug-likeness (QED) is 0.479. The van der Waals surface area contributed by atoms with E-state index in [0.29, 0.717) is 23.9 Å². The third-order valence-electron chi connectivity index (χ3n) is 5.57. The first-order chi connectivity index (χ1) is 16.3. The van der Waals surface area contributed by atoms with Gasteiger partial charge in [0.25, 0.3) is 5.91 Å². The molecule has 0 bridgehead atoms. The molecule has 0 saturated heterocycles. The van der Waals surface area contributed by atoms with Crippen molar-refractivity contribution in [3.8, 4) is 0 Å². The van der Waals surface area contributed by atoms with Crippen molar-refractivity contribution in [2.45, 2.75) is 32.9 Å². The molecule has 3 N–H and O–H groups in total. The summed E-state index contributed by atoms with van der Waals surface area (Å²) in [5.41, 5.74) is 3.93. The Balaban J connectivity index is 1.57. The molecule has 34 heavy (non-hydrogen) atoms. The van der Waals surface area contributed by atoms with Crippen LogP contribution in [0.4, 0.5) is 30.6 Å². The molecular formula is C26H26F2N4O2. The summed E-state index contributed by atoms with van der Waals surface area (Å²) < 4.78 is 27.0. The molecular weight excluding hydrogens is 438 g/mol. The summed E-state index contributed by atoms with van der Waals surface area (Å²) in [7, 11) is 0. The number of hydrogen-bond donors (Lipinski definition) is 3. The van der Waals surface area contributed by atoms with Crippen LogP contribution in [0.15, 0.2) is 60.7 Å². The Hall–Kier alpha value is -3.94. The van der Waals surface area contributed by atoms with E-state index in [2.05, 4.69) is 33.0 Å². The normalized spacial score (nSPS) is 12.8. The lowest BCUT2D eigenvalue weighted by Crippen LogP contribution is -2.35. The number of anilines is 3. The van der Waals surface area contributed by atoms with Crippen LogP contribution >= 0.6 is 0 Å². The van der Waals surface area contributed by atoms with E-state index in [-0.39, 0.29) is 17.6 Å². The van der Waals surface area contributed by atoms with Crippen molar-refractivity contribution >= 4 is 29.0 Å². The van der Waals surface area contributed by atoms with Crippen LogP contribution in [0.5, 0.6) is 0 Å². The molecule has 0 fully saturated rings. The number of fused-ring (bicyclic) bond motifs is 1. The van der Waals surface area contributed by atoms with Crippen LogP contribution in [0.1, 0.15) is 35.3 Å². The molecule has 0 unspecified atom stereocenters. The molecule has 3 aromatic carbocycles. The minimum absolute atomic E-state index is 0.0659. The van der Waals surface area contributed by atoms with Crippen molar-refractivity contribution in [1.29, 1.82) is 0 Å². The molecule has 0 aliphatic carbocycles. The summed E-state index contributed by atoms with van der Waals surface area (Å²) in [5, 5.41) is 7.88. The lowest BCUT2D eigenvalue weighted by atomic mass is 9.98. The second kappa shape index (κ2) is 9.91. The van der Waals surface area contributed by atoms with Gasteiger partial charge in [-0.3, -0.25) is 4.79 Å². The third kappa shape index (κ3) is 5.33. The van der Waals surface area contributed by atoms with Crippen LogP contribution in [0.3, 0.4) is 0 Å². The maximum Gasteiger partial charge on any atom is 0.323 e. The number of carbonyl (C=O) groups excluding carboxylic acids is 2. The van der Waals surface area contributed by atoms with Gasteiger partial charge in [0.1, 0.15) is 11.6 Å². The number of nitrogens with one attached hydrogen (secondary N) is 3. The lowest BCUT2D eigenvalue weighted by molar-refractivity contribution is 0.0943. The van der Waals surface area contributed by atoms with Crippen LogP contribution in [0, 0.1) is 11.6 Å². The van der Waals surface area contributed by atoms with E-state index in [1.807, 2.05) is 26.0 Å². The molecule has 1 heterocycles. The van der Waals surface area contributed by atoms with Crippen LogP contribution in [-0.2, 0) is 13.0 Å². The Kier molecular flexibility index (Phi) is 6.77. The van der Waals surface area contributed by atoms with Gasteiger partial charge >= 0.3 is 6.03 Å². The molecule has 176 valence electrons. The summed E-state index contributed by atoms with van der Waals surface area (Å²) in [4.78, 5) is 27.6. The highest BCUT2D eigenvalue weighted by atomic mass is 19.1. The van der Waals surface area contributed by atoms with Gasteiger partial charge in [0, 0.05) is 36.6 Å². The summed E-state index contributed by atoms with van der Waals surface area (Å²) in [5.74, 6) is -1.87. The van der Waals surface area contributed by atoms with E-state index < -0.39 is 17.7 Å². The van der Waals surface area contributed by atoms with Gasteiger partial charge in [-0.25, -0.2) is 13.6 Å².